The van der Waals surface area contributed by atoms with Crippen molar-refractivity contribution in [1.82, 2.24) is 4.98 Å². The van der Waals surface area contributed by atoms with E-state index in [1.165, 1.54) is 23.9 Å². The Balaban J connectivity index is 2.09. The molecule has 0 aliphatic carbocycles. The number of carbonyl (C=O) groups is 1. The van der Waals surface area contributed by atoms with Crippen molar-refractivity contribution in [3.8, 4) is 0 Å². The standard InChI is InChI=1S/C13H9BrFNO2S/c14-8-1-2-9(16-6-8)7-19-10-3-4-12(15)11(5-10)13(17)18/h1-6H,7H2,(H,17,18). The van der Waals surface area contributed by atoms with Gasteiger partial charge in [0.15, 0.2) is 0 Å². The molecule has 19 heavy (non-hydrogen) atoms. The van der Waals surface area contributed by atoms with Crippen LogP contribution in [-0.4, -0.2) is 16.1 Å². The van der Waals surface area contributed by atoms with Crippen molar-refractivity contribution in [2.75, 3.05) is 0 Å². The smallest absolute Gasteiger partial charge is 0.338 e. The van der Waals surface area contributed by atoms with Crippen LogP contribution < -0.4 is 0 Å². The zero-order valence-electron chi connectivity index (χ0n) is 9.64. The largest absolute Gasteiger partial charge is 0.478 e. The summed E-state index contributed by atoms with van der Waals surface area (Å²) in [5, 5.41) is 8.84. The van der Waals surface area contributed by atoms with Gasteiger partial charge in [-0.1, -0.05) is 0 Å². The molecular formula is C13H9BrFNO2S. The van der Waals surface area contributed by atoms with Gasteiger partial charge in [0.25, 0.3) is 0 Å². The summed E-state index contributed by atoms with van der Waals surface area (Å²) in [7, 11) is 0. The zero-order chi connectivity index (χ0) is 13.8. The van der Waals surface area contributed by atoms with Crippen LogP contribution in [0.25, 0.3) is 0 Å². The second kappa shape index (κ2) is 6.16. The first-order valence-corrected chi connectivity index (χ1v) is 7.10. The van der Waals surface area contributed by atoms with E-state index in [4.69, 9.17) is 5.11 Å². The molecule has 0 radical (unpaired) electrons. The monoisotopic (exact) mass is 341 g/mol. The highest BCUT2D eigenvalue weighted by molar-refractivity contribution is 9.10. The first-order chi connectivity index (χ1) is 9.06. The molecule has 0 amide bonds. The van der Waals surface area contributed by atoms with Gasteiger partial charge in [-0.2, -0.15) is 0 Å². The summed E-state index contributed by atoms with van der Waals surface area (Å²) in [6.45, 7) is 0. The third-order valence-corrected chi connectivity index (χ3v) is 3.84. The molecule has 0 aliphatic rings. The van der Waals surface area contributed by atoms with Gasteiger partial charge in [0.1, 0.15) is 5.82 Å². The van der Waals surface area contributed by atoms with Crippen molar-refractivity contribution in [1.29, 1.82) is 0 Å². The van der Waals surface area contributed by atoms with E-state index < -0.39 is 11.8 Å². The molecule has 0 unspecified atom stereocenters. The summed E-state index contributed by atoms with van der Waals surface area (Å²) in [5.41, 5.74) is 0.558. The van der Waals surface area contributed by atoms with Crippen molar-refractivity contribution >= 4 is 33.7 Å². The molecule has 1 aromatic carbocycles. The predicted octanol–water partition coefficient (Wildman–Crippen LogP) is 3.97. The molecular weight excluding hydrogens is 333 g/mol. The molecule has 0 saturated carbocycles. The number of halogens is 2. The predicted molar refractivity (Wildman–Crippen MR) is 74.9 cm³/mol. The Labute approximate surface area is 122 Å². The number of aromatic nitrogens is 1. The van der Waals surface area contributed by atoms with E-state index in [1.807, 2.05) is 12.1 Å². The maximum Gasteiger partial charge on any atom is 0.338 e. The van der Waals surface area contributed by atoms with Gasteiger partial charge >= 0.3 is 5.97 Å². The average molecular weight is 342 g/mol. The third kappa shape index (κ3) is 3.78. The first-order valence-electron chi connectivity index (χ1n) is 5.32. The van der Waals surface area contributed by atoms with Crippen LogP contribution in [0.5, 0.6) is 0 Å². The number of pyridine rings is 1. The van der Waals surface area contributed by atoms with E-state index in [2.05, 4.69) is 20.9 Å². The van der Waals surface area contributed by atoms with Gasteiger partial charge in [0.2, 0.25) is 0 Å². The summed E-state index contributed by atoms with van der Waals surface area (Å²) < 4.78 is 14.1. The van der Waals surface area contributed by atoms with E-state index in [-0.39, 0.29) is 5.56 Å². The highest BCUT2D eigenvalue weighted by Gasteiger charge is 2.11. The molecule has 0 aliphatic heterocycles. The van der Waals surface area contributed by atoms with Gasteiger partial charge in [-0.3, -0.25) is 4.98 Å². The molecule has 3 nitrogen and oxygen atoms in total. The van der Waals surface area contributed by atoms with Crippen molar-refractivity contribution in [3.63, 3.8) is 0 Å². The van der Waals surface area contributed by atoms with Gasteiger partial charge in [0.05, 0.1) is 11.3 Å². The summed E-state index contributed by atoms with van der Waals surface area (Å²) in [4.78, 5) is 15.7. The van der Waals surface area contributed by atoms with Crippen LogP contribution in [0, 0.1) is 5.82 Å². The van der Waals surface area contributed by atoms with Crippen molar-refractivity contribution in [2.45, 2.75) is 10.6 Å². The number of hydrogen-bond acceptors (Lipinski definition) is 3. The molecule has 1 aromatic heterocycles. The van der Waals surface area contributed by atoms with Crippen LogP contribution in [0.4, 0.5) is 4.39 Å². The van der Waals surface area contributed by atoms with Crippen LogP contribution in [0.15, 0.2) is 45.9 Å². The van der Waals surface area contributed by atoms with Crippen molar-refractivity contribution < 1.29 is 14.3 Å². The minimum atomic E-state index is -1.26. The molecule has 0 bridgehead atoms. The summed E-state index contributed by atoms with van der Waals surface area (Å²) in [6, 6.07) is 7.82. The van der Waals surface area contributed by atoms with Gasteiger partial charge in [-0.25, -0.2) is 9.18 Å². The van der Waals surface area contributed by atoms with Crippen molar-refractivity contribution in [2.24, 2.45) is 0 Å². The van der Waals surface area contributed by atoms with Crippen LogP contribution in [0.3, 0.4) is 0 Å². The number of carboxylic acids is 1. The Hall–Kier alpha value is -1.40. The number of nitrogens with zero attached hydrogens (tertiary/aromatic N) is 1. The van der Waals surface area contributed by atoms with Gasteiger partial charge in [-0.05, 0) is 46.3 Å². The topological polar surface area (TPSA) is 50.2 Å². The fourth-order valence-corrected chi connectivity index (χ4v) is 2.49. The molecule has 0 fully saturated rings. The summed E-state index contributed by atoms with van der Waals surface area (Å²) in [6.07, 6.45) is 1.70. The van der Waals surface area contributed by atoms with Crippen LogP contribution in [0.1, 0.15) is 16.1 Å². The average Bonchev–Trinajstić information content (AvgIpc) is 2.39. The second-order valence-corrected chi connectivity index (χ2v) is 5.67. The lowest BCUT2D eigenvalue weighted by Gasteiger charge is -2.04. The number of thioether (sulfide) groups is 1. The van der Waals surface area contributed by atoms with Gasteiger partial charge in [-0.15, -0.1) is 11.8 Å². The highest BCUT2D eigenvalue weighted by Crippen LogP contribution is 2.24. The number of aromatic carboxylic acids is 1. The summed E-state index contributed by atoms with van der Waals surface area (Å²) >= 11 is 4.71. The molecule has 1 heterocycles. The molecule has 1 N–H and O–H groups in total. The third-order valence-electron chi connectivity index (χ3n) is 2.34. The number of benzene rings is 1. The number of hydrogen-bond donors (Lipinski definition) is 1. The van der Waals surface area contributed by atoms with Crippen LogP contribution in [0.2, 0.25) is 0 Å². The first kappa shape index (κ1) is 14.0. The Morgan fingerprint density at radius 2 is 2.16 bits per heavy atom. The molecule has 2 rings (SSSR count). The van der Waals surface area contributed by atoms with Crippen LogP contribution >= 0.6 is 27.7 Å². The lowest BCUT2D eigenvalue weighted by Crippen LogP contribution is -2.00. The lowest BCUT2D eigenvalue weighted by molar-refractivity contribution is 0.0691. The highest BCUT2D eigenvalue weighted by atomic mass is 79.9. The van der Waals surface area contributed by atoms with E-state index in [9.17, 15) is 9.18 Å². The van der Waals surface area contributed by atoms with E-state index in [0.29, 0.717) is 10.6 Å². The zero-order valence-corrected chi connectivity index (χ0v) is 12.0. The van der Waals surface area contributed by atoms with E-state index >= 15 is 0 Å². The Morgan fingerprint density at radius 1 is 1.37 bits per heavy atom. The minimum Gasteiger partial charge on any atom is -0.478 e. The molecule has 0 saturated heterocycles. The molecule has 0 spiro atoms. The van der Waals surface area contributed by atoms with Crippen molar-refractivity contribution in [3.05, 3.63) is 58.1 Å². The van der Waals surface area contributed by atoms with Gasteiger partial charge < -0.3 is 5.11 Å². The van der Waals surface area contributed by atoms with E-state index in [0.717, 1.165) is 10.2 Å². The minimum absolute atomic E-state index is 0.311. The maximum absolute atomic E-state index is 13.2. The molecule has 98 valence electrons. The van der Waals surface area contributed by atoms with E-state index in [1.54, 1.807) is 12.3 Å². The quantitative estimate of drug-likeness (QED) is 0.854. The Morgan fingerprint density at radius 3 is 2.79 bits per heavy atom. The Bertz CT molecular complexity index is 604. The SMILES string of the molecule is O=C(O)c1cc(SCc2ccc(Br)cn2)ccc1F. The molecule has 2 aromatic rings. The molecule has 0 atom stereocenters. The maximum atomic E-state index is 13.2. The summed E-state index contributed by atoms with van der Waals surface area (Å²) in [5.74, 6) is -1.39. The fourth-order valence-electron chi connectivity index (χ4n) is 1.41. The molecule has 6 heteroatoms. The fraction of sp³-hybridized carbons (Fsp3) is 0.0769. The normalized spacial score (nSPS) is 10.4. The Kier molecular flexibility index (Phi) is 4.55. The second-order valence-electron chi connectivity index (χ2n) is 3.70. The van der Waals surface area contributed by atoms with Gasteiger partial charge in [0, 0.05) is 21.3 Å². The lowest BCUT2D eigenvalue weighted by atomic mass is 10.2. The van der Waals surface area contributed by atoms with Crippen LogP contribution in [-0.2, 0) is 5.75 Å². The number of rotatable bonds is 4. The number of carboxylic acid groups (broad SMARTS) is 1.